The second kappa shape index (κ2) is 4.27. The Morgan fingerprint density at radius 2 is 2.31 bits per heavy atom. The van der Waals surface area contributed by atoms with Gasteiger partial charge in [-0.2, -0.15) is 0 Å². The van der Waals surface area contributed by atoms with Crippen LogP contribution in [0.2, 0.25) is 5.02 Å². The Morgan fingerprint density at radius 3 is 3.00 bits per heavy atom. The summed E-state index contributed by atoms with van der Waals surface area (Å²) in [6.07, 6.45) is 0.258. The number of carbonyl (C=O) groups is 1. The lowest BCUT2D eigenvalue weighted by molar-refractivity contribution is -0.118. The second-order valence-electron chi connectivity index (χ2n) is 3.46. The molecule has 1 aromatic heterocycles. The molecule has 6 heteroatoms. The number of fused-ring (bicyclic) bond motifs is 1. The first-order valence-electron chi connectivity index (χ1n) is 4.74. The molecule has 1 amide bonds. The van der Waals surface area contributed by atoms with Gasteiger partial charge in [0.2, 0.25) is 5.91 Å². The summed E-state index contributed by atoms with van der Waals surface area (Å²) in [6, 6.07) is 5.45. The van der Waals surface area contributed by atoms with Crippen molar-refractivity contribution in [1.82, 2.24) is 9.55 Å². The van der Waals surface area contributed by atoms with Gasteiger partial charge in [0.15, 0.2) is 4.77 Å². The second-order valence-corrected chi connectivity index (χ2v) is 4.28. The molecule has 2 aromatic rings. The average Bonchev–Trinajstić information content (AvgIpc) is 2.51. The van der Waals surface area contributed by atoms with Crippen molar-refractivity contribution in [3.63, 3.8) is 0 Å². The molecule has 4 nitrogen and oxygen atoms in total. The Hall–Kier alpha value is -1.33. The Labute approximate surface area is 102 Å². The largest absolute Gasteiger partial charge is 0.370 e. The van der Waals surface area contributed by atoms with Gasteiger partial charge in [-0.15, -0.1) is 0 Å². The summed E-state index contributed by atoms with van der Waals surface area (Å²) in [5, 5.41) is 0.634. The topological polar surface area (TPSA) is 63.8 Å². The van der Waals surface area contributed by atoms with Crippen LogP contribution in [-0.2, 0) is 11.3 Å². The number of aromatic amines is 1. The number of amides is 1. The van der Waals surface area contributed by atoms with Crippen molar-refractivity contribution < 1.29 is 4.79 Å². The highest BCUT2D eigenvalue weighted by atomic mass is 35.5. The van der Waals surface area contributed by atoms with Crippen LogP contribution < -0.4 is 5.73 Å². The van der Waals surface area contributed by atoms with Gasteiger partial charge in [0.25, 0.3) is 0 Å². The molecular formula is C10H10ClN3OS. The number of nitrogens with two attached hydrogens (primary N) is 1. The van der Waals surface area contributed by atoms with E-state index in [0.717, 1.165) is 11.0 Å². The van der Waals surface area contributed by atoms with Crippen LogP contribution in [0.15, 0.2) is 18.2 Å². The van der Waals surface area contributed by atoms with Crippen molar-refractivity contribution in [1.29, 1.82) is 0 Å². The van der Waals surface area contributed by atoms with Crippen LogP contribution in [-0.4, -0.2) is 15.5 Å². The van der Waals surface area contributed by atoms with Gasteiger partial charge in [0.1, 0.15) is 0 Å². The van der Waals surface area contributed by atoms with Gasteiger partial charge in [-0.1, -0.05) is 11.6 Å². The van der Waals surface area contributed by atoms with Crippen molar-refractivity contribution in [2.24, 2.45) is 5.73 Å². The zero-order valence-corrected chi connectivity index (χ0v) is 9.94. The molecule has 0 saturated heterocycles. The van der Waals surface area contributed by atoms with Crippen LogP contribution in [0, 0.1) is 4.77 Å². The maximum Gasteiger partial charge on any atom is 0.219 e. The third kappa shape index (κ3) is 2.10. The summed E-state index contributed by atoms with van der Waals surface area (Å²) in [7, 11) is 0. The molecule has 84 valence electrons. The Morgan fingerprint density at radius 1 is 1.56 bits per heavy atom. The van der Waals surface area contributed by atoms with Crippen molar-refractivity contribution in [3.8, 4) is 0 Å². The molecule has 0 aliphatic heterocycles. The molecule has 0 fully saturated rings. The van der Waals surface area contributed by atoms with Crippen LogP contribution in [0.3, 0.4) is 0 Å². The lowest BCUT2D eigenvalue weighted by Crippen LogP contribution is -2.13. The van der Waals surface area contributed by atoms with E-state index in [2.05, 4.69) is 4.98 Å². The van der Waals surface area contributed by atoms with Crippen molar-refractivity contribution in [2.45, 2.75) is 13.0 Å². The van der Waals surface area contributed by atoms with Gasteiger partial charge in [-0.25, -0.2) is 0 Å². The number of benzene rings is 1. The number of hydrogen-bond acceptors (Lipinski definition) is 2. The van der Waals surface area contributed by atoms with Crippen molar-refractivity contribution in [2.75, 3.05) is 0 Å². The molecule has 1 heterocycles. The van der Waals surface area contributed by atoms with Crippen LogP contribution in [0.5, 0.6) is 0 Å². The molecule has 0 radical (unpaired) electrons. The standard InChI is InChI=1S/C10H10ClN3OS/c11-6-1-2-7-8(5-6)14(10(16)13-7)4-3-9(12)15/h1-2,5H,3-4H2,(H2,12,15)(H,13,16). The van der Waals surface area contributed by atoms with E-state index in [4.69, 9.17) is 29.6 Å². The van der Waals surface area contributed by atoms with E-state index in [1.165, 1.54) is 0 Å². The number of hydrogen-bond donors (Lipinski definition) is 2. The third-order valence-electron chi connectivity index (χ3n) is 2.32. The zero-order valence-electron chi connectivity index (χ0n) is 8.37. The molecule has 0 atom stereocenters. The van der Waals surface area contributed by atoms with E-state index < -0.39 is 0 Å². The van der Waals surface area contributed by atoms with Gasteiger partial charge in [0, 0.05) is 18.0 Å². The number of H-pyrrole nitrogens is 1. The number of rotatable bonds is 3. The molecule has 3 N–H and O–H groups in total. The summed E-state index contributed by atoms with van der Waals surface area (Å²) >= 11 is 11.1. The van der Waals surface area contributed by atoms with Crippen LogP contribution in [0.1, 0.15) is 6.42 Å². The smallest absolute Gasteiger partial charge is 0.219 e. The molecular weight excluding hydrogens is 246 g/mol. The van der Waals surface area contributed by atoms with Crippen LogP contribution >= 0.6 is 23.8 Å². The van der Waals surface area contributed by atoms with Crippen molar-refractivity contribution in [3.05, 3.63) is 28.0 Å². The molecule has 0 bridgehead atoms. The molecule has 2 rings (SSSR count). The Bertz CT molecular complexity index is 602. The van der Waals surface area contributed by atoms with Gasteiger partial charge in [-0.3, -0.25) is 4.79 Å². The average molecular weight is 256 g/mol. The summed E-state index contributed by atoms with van der Waals surface area (Å²) in [4.78, 5) is 13.8. The van der Waals surface area contributed by atoms with E-state index in [9.17, 15) is 4.79 Å². The number of halogens is 1. The monoisotopic (exact) mass is 255 g/mol. The van der Waals surface area contributed by atoms with Gasteiger partial charge in [-0.05, 0) is 30.4 Å². The van der Waals surface area contributed by atoms with E-state index in [-0.39, 0.29) is 12.3 Å². The molecule has 1 aromatic carbocycles. The first-order valence-corrected chi connectivity index (χ1v) is 5.53. The summed E-state index contributed by atoms with van der Waals surface area (Å²) in [5.41, 5.74) is 6.90. The minimum atomic E-state index is -0.349. The minimum absolute atomic E-state index is 0.258. The molecule has 0 unspecified atom stereocenters. The number of aryl methyl sites for hydroxylation is 1. The maximum absolute atomic E-state index is 10.7. The normalized spacial score (nSPS) is 10.8. The quantitative estimate of drug-likeness (QED) is 0.826. The number of carbonyl (C=O) groups excluding carboxylic acids is 1. The first-order chi connectivity index (χ1) is 7.58. The minimum Gasteiger partial charge on any atom is -0.370 e. The first kappa shape index (κ1) is 11.2. The van der Waals surface area contributed by atoms with E-state index in [1.807, 2.05) is 16.7 Å². The lowest BCUT2D eigenvalue weighted by Gasteiger charge is -2.02. The van der Waals surface area contributed by atoms with E-state index in [1.54, 1.807) is 6.07 Å². The molecule has 0 aliphatic carbocycles. The van der Waals surface area contributed by atoms with Gasteiger partial charge in [0.05, 0.1) is 11.0 Å². The predicted octanol–water partition coefficient (Wildman–Crippen LogP) is 2.23. The van der Waals surface area contributed by atoms with E-state index in [0.29, 0.717) is 16.3 Å². The molecule has 0 aliphatic rings. The van der Waals surface area contributed by atoms with E-state index >= 15 is 0 Å². The number of aromatic nitrogens is 2. The predicted molar refractivity (Wildman–Crippen MR) is 65.9 cm³/mol. The maximum atomic E-state index is 10.7. The Balaban J connectivity index is 2.50. The van der Waals surface area contributed by atoms with Crippen LogP contribution in [0.25, 0.3) is 11.0 Å². The van der Waals surface area contributed by atoms with Crippen LogP contribution in [0.4, 0.5) is 0 Å². The van der Waals surface area contributed by atoms with Gasteiger partial charge >= 0.3 is 0 Å². The summed E-state index contributed by atoms with van der Waals surface area (Å²) in [6.45, 7) is 0.467. The molecule has 0 spiro atoms. The zero-order chi connectivity index (χ0) is 11.7. The fourth-order valence-electron chi connectivity index (χ4n) is 1.57. The number of nitrogens with one attached hydrogen (secondary N) is 1. The highest BCUT2D eigenvalue weighted by Gasteiger charge is 2.05. The van der Waals surface area contributed by atoms with Gasteiger partial charge < -0.3 is 15.3 Å². The number of imidazole rings is 1. The summed E-state index contributed by atoms with van der Waals surface area (Å²) < 4.78 is 2.39. The Kier molecular flexibility index (Phi) is 2.98. The lowest BCUT2D eigenvalue weighted by atomic mass is 10.3. The number of primary amides is 1. The molecule has 16 heavy (non-hydrogen) atoms. The highest BCUT2D eigenvalue weighted by molar-refractivity contribution is 7.71. The fourth-order valence-corrected chi connectivity index (χ4v) is 2.04. The highest BCUT2D eigenvalue weighted by Crippen LogP contribution is 2.19. The van der Waals surface area contributed by atoms with Crippen molar-refractivity contribution >= 4 is 40.8 Å². The molecule has 0 saturated carbocycles. The fraction of sp³-hybridized carbons (Fsp3) is 0.200. The third-order valence-corrected chi connectivity index (χ3v) is 2.88. The SMILES string of the molecule is NC(=O)CCn1c(=S)[nH]c2ccc(Cl)cc21. The number of nitrogens with zero attached hydrogens (tertiary/aromatic N) is 1. The summed E-state index contributed by atoms with van der Waals surface area (Å²) in [5.74, 6) is -0.349.